The number of nitriles is 1. The van der Waals surface area contributed by atoms with Gasteiger partial charge >= 0.3 is 12.1 Å². The average Bonchev–Trinajstić information content (AvgIpc) is 2.86. The first-order valence-corrected chi connectivity index (χ1v) is 5.95. The SMILES string of the molecule is N#Cc1ccc(N2CCCC2C(=O)O)cc1C(F)(F)F. The molecule has 1 aromatic rings. The zero-order valence-electron chi connectivity index (χ0n) is 10.3. The Bertz CT molecular complexity index is 578. The second kappa shape index (κ2) is 5.04. The van der Waals surface area contributed by atoms with Crippen molar-refractivity contribution in [2.24, 2.45) is 0 Å². The summed E-state index contributed by atoms with van der Waals surface area (Å²) in [6, 6.07) is 3.97. The third-order valence-electron chi connectivity index (χ3n) is 3.30. The molecule has 0 bridgehead atoms. The average molecular weight is 284 g/mol. The fourth-order valence-electron chi connectivity index (χ4n) is 2.38. The fraction of sp³-hybridized carbons (Fsp3) is 0.385. The van der Waals surface area contributed by atoms with E-state index in [4.69, 9.17) is 10.4 Å². The second-order valence-corrected chi connectivity index (χ2v) is 4.53. The van der Waals surface area contributed by atoms with Crippen LogP contribution < -0.4 is 4.90 Å². The molecule has 1 unspecified atom stereocenters. The van der Waals surface area contributed by atoms with Crippen LogP contribution in [0, 0.1) is 11.3 Å². The Morgan fingerprint density at radius 1 is 1.45 bits per heavy atom. The minimum atomic E-state index is -4.64. The van der Waals surface area contributed by atoms with Gasteiger partial charge in [-0.2, -0.15) is 18.4 Å². The summed E-state index contributed by atoms with van der Waals surface area (Å²) in [5, 5.41) is 17.8. The van der Waals surface area contributed by atoms with Crippen molar-refractivity contribution >= 4 is 11.7 Å². The van der Waals surface area contributed by atoms with Crippen molar-refractivity contribution in [3.8, 4) is 6.07 Å². The van der Waals surface area contributed by atoms with Gasteiger partial charge in [0.15, 0.2) is 0 Å². The van der Waals surface area contributed by atoms with Gasteiger partial charge in [-0.25, -0.2) is 4.79 Å². The lowest BCUT2D eigenvalue weighted by molar-refractivity contribution is -0.138. The third kappa shape index (κ3) is 2.54. The van der Waals surface area contributed by atoms with Gasteiger partial charge in [0, 0.05) is 12.2 Å². The number of anilines is 1. The predicted molar refractivity (Wildman–Crippen MR) is 64.2 cm³/mol. The molecule has 1 saturated heterocycles. The topological polar surface area (TPSA) is 64.3 Å². The van der Waals surface area contributed by atoms with Crippen LogP contribution in [0.4, 0.5) is 18.9 Å². The van der Waals surface area contributed by atoms with Gasteiger partial charge in [0.2, 0.25) is 0 Å². The van der Waals surface area contributed by atoms with Crippen LogP contribution in [0.3, 0.4) is 0 Å². The highest BCUT2D eigenvalue weighted by atomic mass is 19.4. The molecule has 1 aromatic carbocycles. The standard InChI is InChI=1S/C13H11F3N2O2/c14-13(15,16)10-6-9(4-3-8(10)7-17)18-5-1-2-11(18)12(19)20/h3-4,6,11H,1-2,5H2,(H,19,20). The molecule has 2 rings (SSSR count). The highest BCUT2D eigenvalue weighted by Crippen LogP contribution is 2.36. The van der Waals surface area contributed by atoms with Crippen LogP contribution in [0.5, 0.6) is 0 Å². The molecule has 0 aromatic heterocycles. The van der Waals surface area contributed by atoms with E-state index in [1.807, 2.05) is 0 Å². The molecule has 106 valence electrons. The molecule has 0 saturated carbocycles. The van der Waals surface area contributed by atoms with Crippen LogP contribution in [0.2, 0.25) is 0 Å². The number of rotatable bonds is 2. The normalized spacial score (nSPS) is 18.9. The first-order valence-electron chi connectivity index (χ1n) is 5.95. The second-order valence-electron chi connectivity index (χ2n) is 4.53. The maximum Gasteiger partial charge on any atom is 0.417 e. The van der Waals surface area contributed by atoms with Gasteiger partial charge in [-0.05, 0) is 31.0 Å². The molecule has 7 heteroatoms. The summed E-state index contributed by atoms with van der Waals surface area (Å²) in [5.74, 6) is -1.06. The molecule has 0 radical (unpaired) electrons. The van der Waals surface area contributed by atoms with Crippen molar-refractivity contribution in [2.75, 3.05) is 11.4 Å². The number of carboxylic acids is 1. The van der Waals surface area contributed by atoms with E-state index in [1.54, 1.807) is 0 Å². The molecular formula is C13H11F3N2O2. The predicted octanol–water partition coefficient (Wildman–Crippen LogP) is 2.63. The number of alkyl halides is 3. The Balaban J connectivity index is 2.44. The Kier molecular flexibility index (Phi) is 3.57. The monoisotopic (exact) mass is 284 g/mol. The quantitative estimate of drug-likeness (QED) is 0.906. The molecule has 0 spiro atoms. The van der Waals surface area contributed by atoms with Gasteiger partial charge < -0.3 is 10.0 Å². The van der Waals surface area contributed by atoms with Crippen molar-refractivity contribution in [1.29, 1.82) is 5.26 Å². The number of hydrogen-bond acceptors (Lipinski definition) is 3. The Morgan fingerprint density at radius 2 is 2.15 bits per heavy atom. The van der Waals surface area contributed by atoms with Crippen molar-refractivity contribution in [3.63, 3.8) is 0 Å². The van der Waals surface area contributed by atoms with E-state index in [-0.39, 0.29) is 5.69 Å². The summed E-state index contributed by atoms with van der Waals surface area (Å²) in [6.07, 6.45) is -3.63. The maximum absolute atomic E-state index is 12.9. The third-order valence-corrected chi connectivity index (χ3v) is 3.30. The van der Waals surface area contributed by atoms with Gasteiger partial charge in [0.05, 0.1) is 17.2 Å². The number of nitrogens with zero attached hydrogens (tertiary/aromatic N) is 2. The molecule has 1 fully saturated rings. The van der Waals surface area contributed by atoms with Crippen LogP contribution in [-0.4, -0.2) is 23.7 Å². The number of hydrogen-bond donors (Lipinski definition) is 1. The maximum atomic E-state index is 12.9. The lowest BCUT2D eigenvalue weighted by Gasteiger charge is -2.24. The fourth-order valence-corrected chi connectivity index (χ4v) is 2.38. The summed E-state index contributed by atoms with van der Waals surface area (Å²) in [4.78, 5) is 12.5. The molecule has 20 heavy (non-hydrogen) atoms. The zero-order valence-corrected chi connectivity index (χ0v) is 10.3. The number of aliphatic carboxylic acids is 1. The summed E-state index contributed by atoms with van der Waals surface area (Å²) in [6.45, 7) is 0.389. The van der Waals surface area contributed by atoms with E-state index in [2.05, 4.69) is 0 Å². The molecule has 0 amide bonds. The molecule has 1 atom stereocenters. The van der Waals surface area contributed by atoms with Gasteiger partial charge in [0.1, 0.15) is 6.04 Å². The number of halogens is 3. The first kappa shape index (κ1) is 14.2. The van der Waals surface area contributed by atoms with Crippen LogP contribution >= 0.6 is 0 Å². The van der Waals surface area contributed by atoms with E-state index >= 15 is 0 Å². The van der Waals surface area contributed by atoms with Gasteiger partial charge in [-0.3, -0.25) is 0 Å². The van der Waals surface area contributed by atoms with Crippen LogP contribution in [-0.2, 0) is 11.0 Å². The van der Waals surface area contributed by atoms with Crippen molar-refractivity contribution < 1.29 is 23.1 Å². The largest absolute Gasteiger partial charge is 0.480 e. The van der Waals surface area contributed by atoms with Crippen molar-refractivity contribution in [3.05, 3.63) is 29.3 Å². The molecule has 0 aliphatic carbocycles. The highest BCUT2D eigenvalue weighted by molar-refractivity contribution is 5.79. The van der Waals surface area contributed by atoms with E-state index < -0.39 is 29.3 Å². The molecular weight excluding hydrogens is 273 g/mol. The van der Waals surface area contributed by atoms with Gasteiger partial charge in [0.25, 0.3) is 0 Å². The Labute approximate surface area is 113 Å². The molecule has 1 aliphatic heterocycles. The van der Waals surface area contributed by atoms with Gasteiger partial charge in [-0.15, -0.1) is 0 Å². The van der Waals surface area contributed by atoms with E-state index in [9.17, 15) is 18.0 Å². The Hall–Kier alpha value is -2.23. The lowest BCUT2D eigenvalue weighted by atomic mass is 10.1. The molecule has 1 aliphatic rings. The number of benzene rings is 1. The number of carbonyl (C=O) groups is 1. The molecule has 4 nitrogen and oxygen atoms in total. The minimum Gasteiger partial charge on any atom is -0.480 e. The van der Waals surface area contributed by atoms with Crippen molar-refractivity contribution in [2.45, 2.75) is 25.1 Å². The smallest absolute Gasteiger partial charge is 0.417 e. The van der Waals surface area contributed by atoms with Crippen molar-refractivity contribution in [1.82, 2.24) is 0 Å². The summed E-state index contributed by atoms with van der Waals surface area (Å²) < 4.78 is 38.6. The van der Waals surface area contributed by atoms with Crippen LogP contribution in [0.1, 0.15) is 24.0 Å². The molecule has 1 heterocycles. The van der Waals surface area contributed by atoms with Crippen LogP contribution in [0.15, 0.2) is 18.2 Å². The summed E-state index contributed by atoms with van der Waals surface area (Å²) in [7, 11) is 0. The van der Waals surface area contributed by atoms with E-state index in [1.165, 1.54) is 17.0 Å². The summed E-state index contributed by atoms with van der Waals surface area (Å²) >= 11 is 0. The first-order chi connectivity index (χ1) is 9.34. The number of carboxylic acid groups (broad SMARTS) is 1. The van der Waals surface area contributed by atoms with E-state index in [0.717, 1.165) is 12.1 Å². The molecule has 1 N–H and O–H groups in total. The Morgan fingerprint density at radius 3 is 2.70 bits per heavy atom. The van der Waals surface area contributed by atoms with E-state index in [0.29, 0.717) is 19.4 Å². The van der Waals surface area contributed by atoms with Crippen LogP contribution in [0.25, 0.3) is 0 Å². The summed E-state index contributed by atoms with van der Waals surface area (Å²) in [5.41, 5.74) is -1.32. The highest BCUT2D eigenvalue weighted by Gasteiger charge is 2.36. The zero-order chi connectivity index (χ0) is 14.9. The minimum absolute atomic E-state index is 0.182. The lowest BCUT2D eigenvalue weighted by Crippen LogP contribution is -2.36. The van der Waals surface area contributed by atoms with Gasteiger partial charge in [-0.1, -0.05) is 0 Å².